The summed E-state index contributed by atoms with van der Waals surface area (Å²) in [4.78, 5) is 26.5. The lowest BCUT2D eigenvalue weighted by Crippen LogP contribution is -2.44. The van der Waals surface area contributed by atoms with Crippen molar-refractivity contribution < 1.29 is 9.18 Å². The summed E-state index contributed by atoms with van der Waals surface area (Å²) in [5.41, 5.74) is 2.28. The number of amidine groups is 1. The summed E-state index contributed by atoms with van der Waals surface area (Å²) in [5.74, 6) is 0.569. The monoisotopic (exact) mass is 418 g/mol. The van der Waals surface area contributed by atoms with Crippen LogP contribution in [-0.4, -0.2) is 52.3 Å². The highest BCUT2D eigenvalue weighted by atomic mass is 19.1. The lowest BCUT2D eigenvalue weighted by Gasteiger charge is -2.27. The Hall–Kier alpha value is -3.68. The molecule has 2 aliphatic heterocycles. The Labute approximate surface area is 179 Å². The highest BCUT2D eigenvalue weighted by molar-refractivity contribution is 6.09. The Kier molecular flexibility index (Phi) is 5.11. The van der Waals surface area contributed by atoms with Crippen molar-refractivity contribution in [3.05, 3.63) is 77.6 Å². The van der Waals surface area contributed by atoms with Crippen molar-refractivity contribution >= 4 is 22.8 Å². The molecule has 3 N–H and O–H groups in total. The van der Waals surface area contributed by atoms with E-state index in [9.17, 15) is 9.18 Å². The Morgan fingerprint density at radius 3 is 2.97 bits per heavy atom. The van der Waals surface area contributed by atoms with E-state index < -0.39 is 0 Å². The number of amides is 1. The molecule has 0 saturated carbocycles. The molecule has 0 aliphatic carbocycles. The molecular weight excluding hydrogens is 395 g/mol. The largest absolute Gasteiger partial charge is 0.367 e. The third kappa shape index (κ3) is 3.76. The molecule has 31 heavy (non-hydrogen) atoms. The molecule has 0 radical (unpaired) electrons. The average molecular weight is 418 g/mol. The van der Waals surface area contributed by atoms with E-state index in [1.165, 1.54) is 0 Å². The number of hydrogen-bond donors (Lipinski definition) is 3. The number of aliphatic imine (C=N–C) groups is 1. The van der Waals surface area contributed by atoms with Crippen LogP contribution in [0.2, 0.25) is 0 Å². The fourth-order valence-corrected chi connectivity index (χ4v) is 4.18. The molecule has 1 saturated heterocycles. The van der Waals surface area contributed by atoms with Gasteiger partial charge in [0.2, 0.25) is 0 Å². The van der Waals surface area contributed by atoms with Crippen molar-refractivity contribution in [2.75, 3.05) is 19.6 Å². The SMILES string of the molecule is O=C(c1ccccc1)N1CCC[C@@H]1CNC1=C(F)CN=C(c2c[nH]c3ncccc23)N1. The molecule has 0 unspecified atom stereocenters. The highest BCUT2D eigenvalue weighted by Crippen LogP contribution is 2.22. The second kappa shape index (κ2) is 8.22. The van der Waals surface area contributed by atoms with Crippen molar-refractivity contribution in [3.8, 4) is 0 Å². The minimum atomic E-state index is -0.347. The van der Waals surface area contributed by atoms with Gasteiger partial charge in [0, 0.05) is 48.0 Å². The number of likely N-dealkylation sites (tertiary alicyclic amines) is 1. The second-order valence-corrected chi connectivity index (χ2v) is 7.71. The van der Waals surface area contributed by atoms with Gasteiger partial charge in [-0.1, -0.05) is 18.2 Å². The molecule has 1 atom stereocenters. The lowest BCUT2D eigenvalue weighted by molar-refractivity contribution is 0.0737. The molecule has 158 valence electrons. The van der Waals surface area contributed by atoms with Crippen LogP contribution >= 0.6 is 0 Å². The van der Waals surface area contributed by atoms with Crippen molar-refractivity contribution in [2.24, 2.45) is 4.99 Å². The summed E-state index contributed by atoms with van der Waals surface area (Å²) in [7, 11) is 0. The van der Waals surface area contributed by atoms with Crippen molar-refractivity contribution in [1.82, 2.24) is 25.5 Å². The summed E-state index contributed by atoms with van der Waals surface area (Å²) < 4.78 is 14.5. The summed E-state index contributed by atoms with van der Waals surface area (Å²) in [6.45, 7) is 1.15. The molecule has 3 aromatic rings. The van der Waals surface area contributed by atoms with E-state index in [2.05, 4.69) is 25.6 Å². The minimum absolute atomic E-state index is 0.00871. The van der Waals surface area contributed by atoms with Crippen LogP contribution in [0.1, 0.15) is 28.8 Å². The molecular formula is C23H23FN6O. The standard InChI is InChI=1S/C23H23FN6O/c24-19-14-28-21(18-13-27-20-17(18)9-4-10-25-20)29-22(19)26-12-16-8-5-11-30(16)23(31)15-6-2-1-3-7-15/h1-4,6-7,9-10,13,16,26H,5,8,11-12,14H2,(H,25,27)(H,28,29)/t16-/m1/s1. The Morgan fingerprint density at radius 1 is 1.23 bits per heavy atom. The van der Waals surface area contributed by atoms with Crippen LogP contribution in [0.15, 0.2) is 71.5 Å². The number of carbonyl (C=O) groups excluding carboxylic acids is 1. The summed E-state index contributed by atoms with van der Waals surface area (Å²) >= 11 is 0. The fraction of sp³-hybridized carbons (Fsp3) is 0.261. The van der Waals surface area contributed by atoms with E-state index in [4.69, 9.17) is 0 Å². The quantitative estimate of drug-likeness (QED) is 0.595. The smallest absolute Gasteiger partial charge is 0.254 e. The zero-order valence-electron chi connectivity index (χ0n) is 16.9. The number of hydrogen-bond acceptors (Lipinski definition) is 5. The van der Waals surface area contributed by atoms with Crippen molar-refractivity contribution in [2.45, 2.75) is 18.9 Å². The number of benzene rings is 1. The van der Waals surface area contributed by atoms with Gasteiger partial charge in [-0.15, -0.1) is 0 Å². The van der Waals surface area contributed by atoms with Crippen LogP contribution in [0.4, 0.5) is 4.39 Å². The third-order valence-electron chi connectivity index (χ3n) is 5.77. The number of rotatable bonds is 5. The molecule has 4 heterocycles. The van der Waals surface area contributed by atoms with Gasteiger partial charge in [0.15, 0.2) is 5.83 Å². The Bertz CT molecular complexity index is 1170. The first kappa shape index (κ1) is 19.3. The van der Waals surface area contributed by atoms with Gasteiger partial charge < -0.3 is 20.5 Å². The summed E-state index contributed by atoms with van der Waals surface area (Å²) in [6, 6.07) is 13.1. The molecule has 8 heteroatoms. The number of carbonyl (C=O) groups is 1. The van der Waals surface area contributed by atoms with E-state index in [0.29, 0.717) is 30.3 Å². The molecule has 2 aliphatic rings. The summed E-state index contributed by atoms with van der Waals surface area (Å²) in [6.07, 6.45) is 5.36. The normalized spacial score (nSPS) is 18.8. The van der Waals surface area contributed by atoms with E-state index in [-0.39, 0.29) is 24.3 Å². The van der Waals surface area contributed by atoms with E-state index in [0.717, 1.165) is 29.4 Å². The molecule has 2 aromatic heterocycles. The fourth-order valence-electron chi connectivity index (χ4n) is 4.18. The van der Waals surface area contributed by atoms with Gasteiger partial charge >= 0.3 is 0 Å². The topological polar surface area (TPSA) is 85.4 Å². The van der Waals surface area contributed by atoms with Gasteiger partial charge in [0.05, 0.1) is 6.54 Å². The molecule has 1 fully saturated rings. The van der Waals surface area contributed by atoms with Crippen LogP contribution in [-0.2, 0) is 0 Å². The van der Waals surface area contributed by atoms with Gasteiger partial charge in [-0.2, -0.15) is 0 Å². The third-order valence-corrected chi connectivity index (χ3v) is 5.77. The summed E-state index contributed by atoms with van der Waals surface area (Å²) in [5, 5.41) is 7.19. The number of halogens is 1. The highest BCUT2D eigenvalue weighted by Gasteiger charge is 2.30. The number of aromatic nitrogens is 2. The molecule has 7 nitrogen and oxygen atoms in total. The predicted molar refractivity (Wildman–Crippen MR) is 117 cm³/mol. The molecule has 1 aromatic carbocycles. The number of aromatic amines is 1. The number of nitrogens with zero attached hydrogens (tertiary/aromatic N) is 3. The Morgan fingerprint density at radius 2 is 2.10 bits per heavy atom. The predicted octanol–water partition coefficient (Wildman–Crippen LogP) is 2.95. The zero-order chi connectivity index (χ0) is 21.2. The van der Waals surface area contributed by atoms with E-state index >= 15 is 0 Å². The van der Waals surface area contributed by atoms with Gasteiger partial charge in [-0.3, -0.25) is 9.79 Å². The molecule has 0 bridgehead atoms. The first-order chi connectivity index (χ1) is 15.2. The van der Waals surface area contributed by atoms with E-state index in [1.54, 1.807) is 6.20 Å². The maximum atomic E-state index is 14.5. The number of fused-ring (bicyclic) bond motifs is 1. The molecule has 1 amide bonds. The van der Waals surface area contributed by atoms with Gasteiger partial charge in [-0.25, -0.2) is 9.37 Å². The first-order valence-corrected chi connectivity index (χ1v) is 10.4. The van der Waals surface area contributed by atoms with Crippen LogP contribution in [0.3, 0.4) is 0 Å². The minimum Gasteiger partial charge on any atom is -0.367 e. The first-order valence-electron chi connectivity index (χ1n) is 10.4. The zero-order valence-corrected chi connectivity index (χ0v) is 16.9. The maximum Gasteiger partial charge on any atom is 0.254 e. The van der Waals surface area contributed by atoms with Crippen LogP contribution in [0.25, 0.3) is 11.0 Å². The van der Waals surface area contributed by atoms with Crippen molar-refractivity contribution in [1.29, 1.82) is 0 Å². The van der Waals surface area contributed by atoms with Gasteiger partial charge in [0.1, 0.15) is 17.3 Å². The molecule has 0 spiro atoms. The maximum absolute atomic E-state index is 14.5. The van der Waals surface area contributed by atoms with E-state index in [1.807, 2.05) is 53.6 Å². The second-order valence-electron chi connectivity index (χ2n) is 7.71. The molecule has 5 rings (SSSR count). The van der Waals surface area contributed by atoms with Crippen LogP contribution in [0, 0.1) is 0 Å². The Balaban J connectivity index is 1.27. The lowest BCUT2D eigenvalue weighted by atomic mass is 10.1. The van der Waals surface area contributed by atoms with Crippen LogP contribution < -0.4 is 10.6 Å². The van der Waals surface area contributed by atoms with Crippen molar-refractivity contribution in [3.63, 3.8) is 0 Å². The average Bonchev–Trinajstić information content (AvgIpc) is 3.46. The van der Waals surface area contributed by atoms with Gasteiger partial charge in [-0.05, 0) is 37.1 Å². The number of H-pyrrole nitrogens is 1. The van der Waals surface area contributed by atoms with Crippen LogP contribution in [0.5, 0.6) is 0 Å². The number of nitrogens with one attached hydrogen (secondary N) is 3. The number of pyridine rings is 1. The van der Waals surface area contributed by atoms with Gasteiger partial charge in [0.25, 0.3) is 5.91 Å².